The van der Waals surface area contributed by atoms with E-state index in [1.54, 1.807) is 4.90 Å². The number of likely N-dealkylation sites (tertiary alicyclic amines) is 1. The molecule has 1 saturated heterocycles. The SMILES string of the molecule is Cc1cc([C@H]2CN(C(=O)OC(C)C)CC[C@@H]2C)n2nc([C@H]3CC[C@H](C(F)(F)F)CC3)cc2n1. The van der Waals surface area contributed by atoms with E-state index in [2.05, 4.69) is 11.9 Å². The van der Waals surface area contributed by atoms with Crippen molar-refractivity contribution in [2.45, 2.75) is 83.9 Å². The number of fused-ring (bicyclic) bond motifs is 1. The molecule has 9 heteroatoms. The van der Waals surface area contributed by atoms with Gasteiger partial charge < -0.3 is 9.64 Å². The highest BCUT2D eigenvalue weighted by Gasteiger charge is 2.42. The zero-order valence-electron chi connectivity index (χ0n) is 19.7. The van der Waals surface area contributed by atoms with E-state index in [0.29, 0.717) is 37.5 Å². The molecule has 2 fully saturated rings. The van der Waals surface area contributed by atoms with Crippen molar-refractivity contribution in [3.8, 4) is 0 Å². The lowest BCUT2D eigenvalue weighted by Gasteiger charge is -2.37. The monoisotopic (exact) mass is 466 g/mol. The number of halogens is 3. The Morgan fingerprint density at radius 3 is 2.48 bits per heavy atom. The van der Waals surface area contributed by atoms with Crippen LogP contribution in [0.15, 0.2) is 12.1 Å². The minimum atomic E-state index is -4.12. The molecule has 1 amide bonds. The van der Waals surface area contributed by atoms with E-state index in [4.69, 9.17) is 9.84 Å². The van der Waals surface area contributed by atoms with Crippen molar-refractivity contribution in [3.05, 3.63) is 29.2 Å². The summed E-state index contributed by atoms with van der Waals surface area (Å²) in [4.78, 5) is 18.9. The molecule has 2 aromatic rings. The fraction of sp³-hybridized carbons (Fsp3) is 0.708. The van der Waals surface area contributed by atoms with Gasteiger partial charge in [-0.3, -0.25) is 0 Å². The Bertz CT molecular complexity index is 995. The number of carbonyl (C=O) groups excluding carboxylic acids is 1. The first-order valence-electron chi connectivity index (χ1n) is 11.9. The van der Waals surface area contributed by atoms with Crippen molar-refractivity contribution in [2.24, 2.45) is 11.8 Å². The molecule has 0 radical (unpaired) electrons. The summed E-state index contributed by atoms with van der Waals surface area (Å²) in [7, 11) is 0. The van der Waals surface area contributed by atoms with Crippen molar-refractivity contribution in [1.82, 2.24) is 19.5 Å². The summed E-state index contributed by atoms with van der Waals surface area (Å²) in [5, 5.41) is 4.83. The van der Waals surface area contributed by atoms with E-state index in [1.807, 2.05) is 37.4 Å². The number of hydrogen-bond acceptors (Lipinski definition) is 4. The number of aromatic nitrogens is 3. The molecule has 1 aliphatic heterocycles. The number of ether oxygens (including phenoxy) is 1. The predicted molar refractivity (Wildman–Crippen MR) is 118 cm³/mol. The lowest BCUT2D eigenvalue weighted by Crippen LogP contribution is -2.43. The van der Waals surface area contributed by atoms with Crippen LogP contribution in [0.1, 0.15) is 81.8 Å². The number of nitrogens with zero attached hydrogens (tertiary/aromatic N) is 4. The second-order valence-corrected chi connectivity index (χ2v) is 10.0. The molecule has 3 heterocycles. The van der Waals surface area contributed by atoms with Gasteiger partial charge in [-0.1, -0.05) is 6.92 Å². The highest BCUT2D eigenvalue weighted by molar-refractivity contribution is 5.68. The zero-order valence-corrected chi connectivity index (χ0v) is 19.7. The minimum Gasteiger partial charge on any atom is -0.447 e. The van der Waals surface area contributed by atoms with Crippen molar-refractivity contribution >= 4 is 11.7 Å². The van der Waals surface area contributed by atoms with Crippen LogP contribution in [0.5, 0.6) is 0 Å². The third-order valence-electron chi connectivity index (χ3n) is 7.14. The Labute approximate surface area is 192 Å². The topological polar surface area (TPSA) is 59.7 Å². The molecular weight excluding hydrogens is 433 g/mol. The normalized spacial score (nSPS) is 26.7. The minimum absolute atomic E-state index is 0.0137. The molecular formula is C24H33F3N4O2. The number of alkyl halides is 3. The van der Waals surface area contributed by atoms with Crippen LogP contribution in [0.3, 0.4) is 0 Å². The smallest absolute Gasteiger partial charge is 0.410 e. The van der Waals surface area contributed by atoms with Crippen LogP contribution in [0.4, 0.5) is 18.0 Å². The quantitative estimate of drug-likeness (QED) is 0.570. The number of aryl methyl sites for hydroxylation is 1. The molecule has 2 aliphatic rings. The van der Waals surface area contributed by atoms with E-state index < -0.39 is 12.1 Å². The number of carbonyl (C=O) groups is 1. The van der Waals surface area contributed by atoms with E-state index in [-0.39, 0.29) is 36.9 Å². The van der Waals surface area contributed by atoms with E-state index in [1.165, 1.54) is 0 Å². The van der Waals surface area contributed by atoms with Gasteiger partial charge >= 0.3 is 12.3 Å². The second kappa shape index (κ2) is 9.14. The standard InChI is InChI=1S/C24H33F3N4O2/c1-14(2)33-23(32)30-10-9-15(3)19(13-30)21-11-16(4)28-22-12-20(29-31(21)22)17-5-7-18(8-6-17)24(25,26)27/h11-12,14-15,17-19H,5-10,13H2,1-4H3/t15-,17-,18-,19-/m0/s1. The molecule has 182 valence electrons. The maximum atomic E-state index is 13.1. The van der Waals surface area contributed by atoms with E-state index >= 15 is 0 Å². The number of piperidine rings is 1. The average Bonchev–Trinajstić information content (AvgIpc) is 3.16. The fourth-order valence-corrected chi connectivity index (χ4v) is 5.22. The maximum absolute atomic E-state index is 13.1. The van der Waals surface area contributed by atoms with Gasteiger partial charge in [-0.05, 0) is 64.9 Å². The summed E-state index contributed by atoms with van der Waals surface area (Å²) >= 11 is 0. The van der Waals surface area contributed by atoms with Crippen molar-refractivity contribution < 1.29 is 22.7 Å². The average molecular weight is 467 g/mol. The summed E-state index contributed by atoms with van der Waals surface area (Å²) in [5.74, 6) is -0.787. The van der Waals surface area contributed by atoms with Crippen LogP contribution in [-0.2, 0) is 4.74 Å². The second-order valence-electron chi connectivity index (χ2n) is 10.0. The van der Waals surface area contributed by atoms with Crippen molar-refractivity contribution in [3.63, 3.8) is 0 Å². The molecule has 6 nitrogen and oxygen atoms in total. The van der Waals surface area contributed by atoms with Crippen LogP contribution in [0.25, 0.3) is 5.65 Å². The molecule has 0 spiro atoms. The zero-order chi connectivity index (χ0) is 23.9. The Morgan fingerprint density at radius 1 is 1.15 bits per heavy atom. The van der Waals surface area contributed by atoms with E-state index in [0.717, 1.165) is 23.5 Å². The van der Waals surface area contributed by atoms with Crippen LogP contribution in [-0.4, -0.2) is 51.0 Å². The summed E-state index contributed by atoms with van der Waals surface area (Å²) < 4.78 is 46.5. The summed E-state index contributed by atoms with van der Waals surface area (Å²) in [6, 6.07) is 3.94. The highest BCUT2D eigenvalue weighted by atomic mass is 19.4. The van der Waals surface area contributed by atoms with Gasteiger partial charge in [0.25, 0.3) is 0 Å². The van der Waals surface area contributed by atoms with Gasteiger partial charge in [0.15, 0.2) is 5.65 Å². The molecule has 2 atom stereocenters. The van der Waals surface area contributed by atoms with Crippen LogP contribution in [0.2, 0.25) is 0 Å². The van der Waals surface area contributed by atoms with Gasteiger partial charge in [-0.25, -0.2) is 14.3 Å². The molecule has 33 heavy (non-hydrogen) atoms. The maximum Gasteiger partial charge on any atom is 0.410 e. The number of amides is 1. The fourth-order valence-electron chi connectivity index (χ4n) is 5.22. The molecule has 0 N–H and O–H groups in total. The first-order valence-corrected chi connectivity index (χ1v) is 11.9. The first-order chi connectivity index (χ1) is 15.5. The molecule has 0 aromatic carbocycles. The van der Waals surface area contributed by atoms with Gasteiger partial charge in [-0.15, -0.1) is 0 Å². The molecule has 0 bridgehead atoms. The Morgan fingerprint density at radius 2 is 1.85 bits per heavy atom. The van der Waals surface area contributed by atoms with Gasteiger partial charge in [-0.2, -0.15) is 18.3 Å². The molecule has 1 saturated carbocycles. The van der Waals surface area contributed by atoms with Gasteiger partial charge in [0.1, 0.15) is 0 Å². The van der Waals surface area contributed by atoms with Crippen LogP contribution < -0.4 is 0 Å². The summed E-state index contributed by atoms with van der Waals surface area (Å²) in [6.45, 7) is 8.99. The highest BCUT2D eigenvalue weighted by Crippen LogP contribution is 2.43. The largest absolute Gasteiger partial charge is 0.447 e. The van der Waals surface area contributed by atoms with Gasteiger partial charge in [0.2, 0.25) is 0 Å². The van der Waals surface area contributed by atoms with E-state index in [9.17, 15) is 18.0 Å². The first kappa shape index (κ1) is 23.8. The van der Waals surface area contributed by atoms with Gasteiger partial charge in [0, 0.05) is 36.7 Å². The summed E-state index contributed by atoms with van der Waals surface area (Å²) in [6.07, 6.45) is -2.47. The van der Waals surface area contributed by atoms with Crippen molar-refractivity contribution in [1.29, 1.82) is 0 Å². The molecule has 2 aromatic heterocycles. The molecule has 4 rings (SSSR count). The van der Waals surface area contributed by atoms with Crippen molar-refractivity contribution in [2.75, 3.05) is 13.1 Å². The number of rotatable bonds is 3. The van der Waals surface area contributed by atoms with Gasteiger partial charge in [0.05, 0.1) is 23.4 Å². The predicted octanol–water partition coefficient (Wildman–Crippen LogP) is 5.84. The Balaban J connectivity index is 1.59. The van der Waals surface area contributed by atoms with Crippen LogP contribution in [0, 0.1) is 18.8 Å². The Kier molecular flexibility index (Phi) is 6.60. The third kappa shape index (κ3) is 5.11. The lowest BCUT2D eigenvalue weighted by atomic mass is 9.80. The molecule has 1 aliphatic carbocycles. The van der Waals surface area contributed by atoms with Crippen LogP contribution >= 0.6 is 0 Å². The summed E-state index contributed by atoms with van der Waals surface area (Å²) in [5.41, 5.74) is 3.38. The molecule has 0 unspecified atom stereocenters. The number of hydrogen-bond donors (Lipinski definition) is 0. The lowest BCUT2D eigenvalue weighted by molar-refractivity contribution is -0.182. The Hall–Kier alpha value is -2.32. The third-order valence-corrected chi connectivity index (χ3v) is 7.14.